The maximum absolute atomic E-state index is 10.3. The summed E-state index contributed by atoms with van der Waals surface area (Å²) in [4.78, 5) is 18.3. The van der Waals surface area contributed by atoms with E-state index >= 15 is 0 Å². The third-order valence-electron chi connectivity index (χ3n) is 1.94. The molecule has 0 saturated carbocycles. The van der Waals surface area contributed by atoms with Crippen LogP contribution < -0.4 is 10.4 Å². The summed E-state index contributed by atoms with van der Waals surface area (Å²) < 4.78 is 0. The first-order valence-electron chi connectivity index (χ1n) is 4.41. The molecular formula is C10H8N3O2-. The Kier molecular flexibility index (Phi) is 2.45. The fourth-order valence-electron chi connectivity index (χ4n) is 1.30. The molecule has 0 unspecified atom stereocenters. The van der Waals surface area contributed by atoms with Gasteiger partial charge in [-0.25, -0.2) is 9.97 Å². The number of carboxylic acids is 1. The zero-order chi connectivity index (χ0) is 10.7. The molecule has 0 aliphatic heterocycles. The van der Waals surface area contributed by atoms with Gasteiger partial charge in [0.2, 0.25) is 0 Å². The van der Waals surface area contributed by atoms with Crippen LogP contribution >= 0.6 is 0 Å². The quantitative estimate of drug-likeness (QED) is 0.745. The lowest BCUT2D eigenvalue weighted by Crippen LogP contribution is -2.30. The van der Waals surface area contributed by atoms with Crippen LogP contribution in [0.4, 0.5) is 5.82 Å². The van der Waals surface area contributed by atoms with Crippen LogP contribution in [0.15, 0.2) is 30.6 Å². The number of carboxylic acid groups (broad SMARTS) is 1. The van der Waals surface area contributed by atoms with Gasteiger partial charge < -0.3 is 15.2 Å². The van der Waals surface area contributed by atoms with Gasteiger partial charge in [0.25, 0.3) is 0 Å². The number of benzene rings is 1. The van der Waals surface area contributed by atoms with Gasteiger partial charge in [-0.2, -0.15) is 0 Å². The van der Waals surface area contributed by atoms with Crippen LogP contribution in [0.1, 0.15) is 0 Å². The SMILES string of the molecule is O=C([O-])CNc1ncnc2ccccc12. The zero-order valence-corrected chi connectivity index (χ0v) is 7.80. The first kappa shape index (κ1) is 9.39. The molecule has 5 nitrogen and oxygen atoms in total. The molecular weight excluding hydrogens is 194 g/mol. The van der Waals surface area contributed by atoms with Crippen LogP contribution in [-0.4, -0.2) is 22.5 Å². The standard InChI is InChI=1S/C10H9N3O2/c14-9(15)5-11-10-7-3-1-2-4-8(7)12-6-13-10/h1-4,6H,5H2,(H,14,15)(H,11,12,13)/p-1. The Hall–Kier alpha value is -2.17. The van der Waals surface area contributed by atoms with Gasteiger partial charge in [0.1, 0.15) is 12.1 Å². The molecule has 0 fully saturated rings. The van der Waals surface area contributed by atoms with Crippen molar-refractivity contribution in [3.05, 3.63) is 30.6 Å². The number of aromatic nitrogens is 2. The second kappa shape index (κ2) is 3.91. The van der Waals surface area contributed by atoms with Crippen LogP contribution in [0.25, 0.3) is 10.9 Å². The Balaban J connectivity index is 2.38. The van der Waals surface area contributed by atoms with Gasteiger partial charge in [-0.3, -0.25) is 0 Å². The van der Waals surface area contributed by atoms with Gasteiger partial charge in [0, 0.05) is 5.39 Å². The van der Waals surface area contributed by atoms with E-state index in [1.165, 1.54) is 6.33 Å². The minimum atomic E-state index is -1.17. The van der Waals surface area contributed by atoms with Gasteiger partial charge in [-0.15, -0.1) is 0 Å². The van der Waals surface area contributed by atoms with Crippen LogP contribution in [0, 0.1) is 0 Å². The van der Waals surface area contributed by atoms with E-state index in [0.29, 0.717) is 5.82 Å². The monoisotopic (exact) mass is 202 g/mol. The Morgan fingerprint density at radius 2 is 2.13 bits per heavy atom. The van der Waals surface area contributed by atoms with Crippen molar-refractivity contribution >= 4 is 22.7 Å². The number of carbonyl (C=O) groups excluding carboxylic acids is 1. The molecule has 2 rings (SSSR count). The summed E-state index contributed by atoms with van der Waals surface area (Å²) in [6, 6.07) is 7.36. The molecule has 1 heterocycles. The molecule has 1 aromatic heterocycles. The number of aliphatic carboxylic acids is 1. The average molecular weight is 202 g/mol. The Labute approximate surface area is 85.8 Å². The van der Waals surface area contributed by atoms with E-state index in [2.05, 4.69) is 15.3 Å². The van der Waals surface area contributed by atoms with E-state index < -0.39 is 5.97 Å². The molecule has 0 bridgehead atoms. The van der Waals surface area contributed by atoms with Crippen LogP contribution in [0.3, 0.4) is 0 Å². The highest BCUT2D eigenvalue weighted by Crippen LogP contribution is 2.17. The highest BCUT2D eigenvalue weighted by atomic mass is 16.4. The van der Waals surface area contributed by atoms with E-state index in [0.717, 1.165) is 10.9 Å². The van der Waals surface area contributed by atoms with Crippen molar-refractivity contribution in [3.63, 3.8) is 0 Å². The summed E-state index contributed by atoms with van der Waals surface area (Å²) in [5.74, 6) is -0.664. The minimum Gasteiger partial charge on any atom is -0.548 e. The molecule has 15 heavy (non-hydrogen) atoms. The molecule has 1 aromatic carbocycles. The van der Waals surface area contributed by atoms with E-state index in [1.54, 1.807) is 0 Å². The average Bonchev–Trinajstić information content (AvgIpc) is 2.26. The number of carbonyl (C=O) groups is 1. The van der Waals surface area contributed by atoms with Crippen molar-refractivity contribution in [2.75, 3.05) is 11.9 Å². The third kappa shape index (κ3) is 2.01. The molecule has 2 aromatic rings. The maximum atomic E-state index is 10.3. The lowest BCUT2D eigenvalue weighted by atomic mass is 10.2. The van der Waals surface area contributed by atoms with Gasteiger partial charge in [-0.1, -0.05) is 12.1 Å². The smallest absolute Gasteiger partial charge is 0.137 e. The van der Waals surface area contributed by atoms with Crippen molar-refractivity contribution in [3.8, 4) is 0 Å². The number of rotatable bonds is 3. The fourth-order valence-corrected chi connectivity index (χ4v) is 1.30. The maximum Gasteiger partial charge on any atom is 0.137 e. The number of nitrogens with zero attached hydrogens (tertiary/aromatic N) is 2. The van der Waals surface area contributed by atoms with Crippen LogP contribution in [-0.2, 0) is 4.79 Å². The molecule has 0 amide bonds. The lowest BCUT2D eigenvalue weighted by molar-refractivity contribution is -0.302. The first-order valence-corrected chi connectivity index (χ1v) is 4.41. The zero-order valence-electron chi connectivity index (χ0n) is 7.80. The number of hydrogen-bond acceptors (Lipinski definition) is 5. The normalized spacial score (nSPS) is 10.1. The largest absolute Gasteiger partial charge is 0.548 e. The van der Waals surface area contributed by atoms with E-state index in [-0.39, 0.29) is 6.54 Å². The molecule has 0 aliphatic carbocycles. The number of para-hydroxylation sites is 1. The number of anilines is 1. The molecule has 0 atom stereocenters. The summed E-state index contributed by atoms with van der Waals surface area (Å²) in [5.41, 5.74) is 0.772. The predicted octanol–water partition coefficient (Wildman–Crippen LogP) is -0.208. The number of hydrogen-bond donors (Lipinski definition) is 1. The van der Waals surface area contributed by atoms with E-state index in [4.69, 9.17) is 0 Å². The lowest BCUT2D eigenvalue weighted by Gasteiger charge is -2.07. The second-order valence-corrected chi connectivity index (χ2v) is 2.96. The minimum absolute atomic E-state index is 0.263. The van der Waals surface area contributed by atoms with E-state index in [1.807, 2.05) is 24.3 Å². The number of nitrogens with one attached hydrogen (secondary N) is 1. The van der Waals surface area contributed by atoms with Crippen molar-refractivity contribution < 1.29 is 9.90 Å². The Bertz CT molecular complexity index is 493. The van der Waals surface area contributed by atoms with Crippen molar-refractivity contribution in [2.24, 2.45) is 0 Å². The Morgan fingerprint density at radius 1 is 1.33 bits per heavy atom. The molecule has 0 aliphatic rings. The third-order valence-corrected chi connectivity index (χ3v) is 1.94. The fraction of sp³-hybridized carbons (Fsp3) is 0.100. The summed E-state index contributed by atoms with van der Waals surface area (Å²) in [6.45, 7) is -0.263. The molecule has 0 spiro atoms. The predicted molar refractivity (Wildman–Crippen MR) is 53.0 cm³/mol. The highest BCUT2D eigenvalue weighted by molar-refractivity contribution is 5.89. The molecule has 76 valence electrons. The van der Waals surface area contributed by atoms with Gasteiger partial charge in [-0.05, 0) is 12.1 Å². The van der Waals surface area contributed by atoms with Gasteiger partial charge >= 0.3 is 0 Å². The van der Waals surface area contributed by atoms with Gasteiger partial charge in [0.05, 0.1) is 18.0 Å². The van der Waals surface area contributed by atoms with Crippen molar-refractivity contribution in [1.29, 1.82) is 0 Å². The van der Waals surface area contributed by atoms with Gasteiger partial charge in [0.15, 0.2) is 0 Å². The first-order chi connectivity index (χ1) is 7.27. The van der Waals surface area contributed by atoms with Crippen LogP contribution in [0.5, 0.6) is 0 Å². The van der Waals surface area contributed by atoms with Crippen molar-refractivity contribution in [2.45, 2.75) is 0 Å². The number of fused-ring (bicyclic) bond motifs is 1. The topological polar surface area (TPSA) is 77.9 Å². The highest BCUT2D eigenvalue weighted by Gasteiger charge is 2.01. The summed E-state index contributed by atoms with van der Waals surface area (Å²) in [5, 5.41) is 13.8. The second-order valence-electron chi connectivity index (χ2n) is 2.96. The summed E-state index contributed by atoms with van der Waals surface area (Å²) >= 11 is 0. The molecule has 1 N–H and O–H groups in total. The molecule has 0 saturated heterocycles. The van der Waals surface area contributed by atoms with Crippen LogP contribution in [0.2, 0.25) is 0 Å². The van der Waals surface area contributed by atoms with Crippen molar-refractivity contribution in [1.82, 2.24) is 9.97 Å². The summed E-state index contributed by atoms with van der Waals surface area (Å²) in [7, 11) is 0. The Morgan fingerprint density at radius 3 is 2.93 bits per heavy atom. The summed E-state index contributed by atoms with van der Waals surface area (Å²) in [6.07, 6.45) is 1.39. The van der Waals surface area contributed by atoms with E-state index in [9.17, 15) is 9.90 Å². The molecule has 5 heteroatoms. The molecule has 0 radical (unpaired) electrons.